The van der Waals surface area contributed by atoms with Gasteiger partial charge in [0.2, 0.25) is 0 Å². The van der Waals surface area contributed by atoms with Gasteiger partial charge in [-0.1, -0.05) is 6.07 Å². The molecule has 2 aromatic rings. The van der Waals surface area contributed by atoms with E-state index in [1.54, 1.807) is 0 Å². The number of benzene rings is 2. The molecule has 0 atom stereocenters. The molecule has 0 unspecified atom stereocenters. The molecule has 0 saturated heterocycles. The molecule has 0 aliphatic carbocycles. The Balaban J connectivity index is 2.37. The van der Waals surface area contributed by atoms with Crippen LogP contribution < -0.4 is 14.8 Å². The molecule has 0 aliphatic rings. The molecule has 0 radical (unpaired) electrons. The Labute approximate surface area is 154 Å². The van der Waals surface area contributed by atoms with Crippen LogP contribution in [0.3, 0.4) is 0 Å². The standard InChI is InChI=1S/C18H16N2O7/c1-10-16(5-4-6-17(10)20(24)25)19-18(23)13-7-14(26-11(2)21)9-15(8-13)27-12(3)22/h4-9H,1-3H3,(H,19,23). The third-order valence-corrected chi connectivity index (χ3v) is 3.42. The second kappa shape index (κ2) is 8.09. The van der Waals surface area contributed by atoms with E-state index in [4.69, 9.17) is 9.47 Å². The number of nitro benzene ring substituents is 1. The van der Waals surface area contributed by atoms with E-state index >= 15 is 0 Å². The van der Waals surface area contributed by atoms with Crippen molar-refractivity contribution >= 4 is 29.2 Å². The normalized spacial score (nSPS) is 10.0. The zero-order chi connectivity index (χ0) is 20.1. The molecular weight excluding hydrogens is 356 g/mol. The van der Waals surface area contributed by atoms with Gasteiger partial charge in [0, 0.05) is 31.5 Å². The van der Waals surface area contributed by atoms with Gasteiger partial charge in [0.25, 0.3) is 11.6 Å². The first-order valence-electron chi connectivity index (χ1n) is 7.74. The van der Waals surface area contributed by atoms with E-state index < -0.39 is 22.8 Å². The minimum absolute atomic E-state index is 0.0159. The first-order chi connectivity index (χ1) is 12.7. The van der Waals surface area contributed by atoms with Crippen LogP contribution in [0.4, 0.5) is 11.4 Å². The van der Waals surface area contributed by atoms with E-state index in [1.165, 1.54) is 57.2 Å². The predicted octanol–water partition coefficient (Wildman–Crippen LogP) is 3.01. The average molecular weight is 372 g/mol. The number of amides is 1. The molecule has 0 heterocycles. The maximum absolute atomic E-state index is 12.6. The molecule has 140 valence electrons. The molecule has 0 spiro atoms. The van der Waals surface area contributed by atoms with Crippen LogP contribution >= 0.6 is 0 Å². The van der Waals surface area contributed by atoms with E-state index in [0.717, 1.165) is 0 Å². The van der Waals surface area contributed by atoms with Crippen LogP contribution in [0.1, 0.15) is 29.8 Å². The molecule has 0 saturated carbocycles. The average Bonchev–Trinajstić information content (AvgIpc) is 2.54. The van der Waals surface area contributed by atoms with Crippen molar-refractivity contribution in [1.82, 2.24) is 0 Å². The van der Waals surface area contributed by atoms with Crippen molar-refractivity contribution in [3.8, 4) is 11.5 Å². The second-order valence-corrected chi connectivity index (χ2v) is 5.54. The number of carbonyl (C=O) groups excluding carboxylic acids is 3. The van der Waals surface area contributed by atoms with Crippen LogP contribution in [0.2, 0.25) is 0 Å². The van der Waals surface area contributed by atoms with Gasteiger partial charge in [0.05, 0.1) is 16.2 Å². The number of nitrogens with zero attached hydrogens (tertiary/aromatic N) is 1. The summed E-state index contributed by atoms with van der Waals surface area (Å²) in [4.78, 5) is 45.4. The van der Waals surface area contributed by atoms with Gasteiger partial charge in [-0.15, -0.1) is 0 Å². The zero-order valence-corrected chi connectivity index (χ0v) is 14.8. The van der Waals surface area contributed by atoms with Crippen LogP contribution in [-0.4, -0.2) is 22.8 Å². The van der Waals surface area contributed by atoms with Gasteiger partial charge >= 0.3 is 11.9 Å². The lowest BCUT2D eigenvalue weighted by Crippen LogP contribution is -2.14. The smallest absolute Gasteiger partial charge is 0.308 e. The molecule has 27 heavy (non-hydrogen) atoms. The number of anilines is 1. The predicted molar refractivity (Wildman–Crippen MR) is 94.8 cm³/mol. The van der Waals surface area contributed by atoms with Gasteiger partial charge in [-0.3, -0.25) is 24.5 Å². The first-order valence-corrected chi connectivity index (χ1v) is 7.74. The highest BCUT2D eigenvalue weighted by atomic mass is 16.6. The fourth-order valence-corrected chi connectivity index (χ4v) is 2.30. The Morgan fingerprint density at radius 2 is 1.56 bits per heavy atom. The molecular formula is C18H16N2O7. The van der Waals surface area contributed by atoms with E-state index in [-0.39, 0.29) is 34.0 Å². The van der Waals surface area contributed by atoms with Crippen LogP contribution in [0.5, 0.6) is 11.5 Å². The molecule has 9 heteroatoms. The Bertz CT molecular complexity index is 903. The monoisotopic (exact) mass is 372 g/mol. The van der Waals surface area contributed by atoms with Crippen molar-refractivity contribution < 1.29 is 28.8 Å². The number of rotatable bonds is 5. The van der Waals surface area contributed by atoms with Crippen molar-refractivity contribution in [2.24, 2.45) is 0 Å². The summed E-state index contributed by atoms with van der Waals surface area (Å²) in [5.41, 5.74) is 0.436. The summed E-state index contributed by atoms with van der Waals surface area (Å²) in [6.45, 7) is 3.88. The van der Waals surface area contributed by atoms with Gasteiger partial charge in [-0.05, 0) is 25.1 Å². The van der Waals surface area contributed by atoms with E-state index in [9.17, 15) is 24.5 Å². The van der Waals surface area contributed by atoms with Crippen molar-refractivity contribution in [3.05, 3.63) is 57.6 Å². The highest BCUT2D eigenvalue weighted by Gasteiger charge is 2.17. The number of carbonyl (C=O) groups is 3. The molecule has 0 aliphatic heterocycles. The van der Waals surface area contributed by atoms with Gasteiger partial charge in [0.15, 0.2) is 0 Å². The Morgan fingerprint density at radius 3 is 2.04 bits per heavy atom. The van der Waals surface area contributed by atoms with Crippen LogP contribution in [0.25, 0.3) is 0 Å². The minimum Gasteiger partial charge on any atom is -0.427 e. The second-order valence-electron chi connectivity index (χ2n) is 5.54. The number of hydrogen-bond donors (Lipinski definition) is 1. The quantitative estimate of drug-likeness (QED) is 0.370. The summed E-state index contributed by atoms with van der Waals surface area (Å²) < 4.78 is 9.90. The highest BCUT2D eigenvalue weighted by Crippen LogP contribution is 2.27. The molecule has 0 fully saturated rings. The first kappa shape index (κ1) is 19.6. The summed E-state index contributed by atoms with van der Waals surface area (Å²) in [6, 6.07) is 8.15. The molecule has 1 amide bonds. The summed E-state index contributed by atoms with van der Waals surface area (Å²) in [5, 5.41) is 13.6. The van der Waals surface area contributed by atoms with Crippen LogP contribution in [0.15, 0.2) is 36.4 Å². The van der Waals surface area contributed by atoms with E-state index in [0.29, 0.717) is 0 Å². The van der Waals surface area contributed by atoms with Crippen LogP contribution in [0, 0.1) is 17.0 Å². The number of nitrogens with one attached hydrogen (secondary N) is 1. The molecule has 2 rings (SSSR count). The van der Waals surface area contributed by atoms with Gasteiger partial charge < -0.3 is 14.8 Å². The number of esters is 2. The Hall–Kier alpha value is -3.75. The topological polar surface area (TPSA) is 125 Å². The molecule has 1 N–H and O–H groups in total. The SMILES string of the molecule is CC(=O)Oc1cc(OC(C)=O)cc(C(=O)Nc2cccc([N+](=O)[O-])c2C)c1. The number of ether oxygens (including phenoxy) is 2. The third-order valence-electron chi connectivity index (χ3n) is 3.42. The van der Waals surface area contributed by atoms with Gasteiger partial charge in [-0.2, -0.15) is 0 Å². The van der Waals surface area contributed by atoms with E-state index in [2.05, 4.69) is 5.32 Å². The fourth-order valence-electron chi connectivity index (χ4n) is 2.30. The molecule has 9 nitrogen and oxygen atoms in total. The summed E-state index contributed by atoms with van der Waals surface area (Å²) in [5.74, 6) is -1.82. The Kier molecular flexibility index (Phi) is 5.86. The van der Waals surface area contributed by atoms with Crippen LogP contribution in [-0.2, 0) is 9.59 Å². The van der Waals surface area contributed by atoms with Gasteiger partial charge in [-0.25, -0.2) is 0 Å². The number of nitro groups is 1. The summed E-state index contributed by atoms with van der Waals surface area (Å²) >= 11 is 0. The molecule has 0 aromatic heterocycles. The largest absolute Gasteiger partial charge is 0.427 e. The van der Waals surface area contributed by atoms with Crippen molar-refractivity contribution in [1.29, 1.82) is 0 Å². The summed E-state index contributed by atoms with van der Waals surface area (Å²) in [7, 11) is 0. The van der Waals surface area contributed by atoms with Crippen molar-refractivity contribution in [2.75, 3.05) is 5.32 Å². The molecule has 2 aromatic carbocycles. The lowest BCUT2D eigenvalue weighted by Gasteiger charge is -2.11. The maximum atomic E-state index is 12.6. The Morgan fingerprint density at radius 1 is 1.00 bits per heavy atom. The van der Waals surface area contributed by atoms with Crippen molar-refractivity contribution in [3.63, 3.8) is 0 Å². The van der Waals surface area contributed by atoms with E-state index in [1.807, 2.05) is 0 Å². The summed E-state index contributed by atoms with van der Waals surface area (Å²) in [6.07, 6.45) is 0. The highest BCUT2D eigenvalue weighted by molar-refractivity contribution is 6.05. The zero-order valence-electron chi connectivity index (χ0n) is 14.8. The minimum atomic E-state index is -0.624. The number of hydrogen-bond acceptors (Lipinski definition) is 7. The van der Waals surface area contributed by atoms with Crippen molar-refractivity contribution in [2.45, 2.75) is 20.8 Å². The third kappa shape index (κ3) is 5.11. The lowest BCUT2D eigenvalue weighted by molar-refractivity contribution is -0.385. The maximum Gasteiger partial charge on any atom is 0.308 e. The fraction of sp³-hybridized carbons (Fsp3) is 0.167. The lowest BCUT2D eigenvalue weighted by atomic mass is 10.1. The van der Waals surface area contributed by atoms with Gasteiger partial charge in [0.1, 0.15) is 11.5 Å². The molecule has 0 bridgehead atoms.